The molecule has 0 unspecified atom stereocenters. The van der Waals surface area contributed by atoms with Gasteiger partial charge in [0, 0.05) is 19.2 Å². The Balaban J connectivity index is 1.62. The van der Waals surface area contributed by atoms with Gasteiger partial charge in [-0.3, -0.25) is 9.78 Å². The van der Waals surface area contributed by atoms with Gasteiger partial charge in [0.1, 0.15) is 0 Å². The summed E-state index contributed by atoms with van der Waals surface area (Å²) in [4.78, 5) is 16.0. The Morgan fingerprint density at radius 3 is 2.91 bits per heavy atom. The van der Waals surface area contributed by atoms with Gasteiger partial charge < -0.3 is 15.8 Å². The summed E-state index contributed by atoms with van der Waals surface area (Å²) >= 11 is 0. The van der Waals surface area contributed by atoms with Crippen molar-refractivity contribution in [2.24, 2.45) is 5.16 Å². The van der Waals surface area contributed by atoms with E-state index < -0.39 is 0 Å². The SMILES string of the molecule is O=C(NCCC[NH2+]C1CCCCC1)c1ccc(C=NO)nc1. The Hall–Kier alpha value is -1.95. The van der Waals surface area contributed by atoms with Crippen molar-refractivity contribution < 1.29 is 15.3 Å². The number of carbonyl (C=O) groups excluding carboxylic acids is 1. The van der Waals surface area contributed by atoms with Crippen molar-refractivity contribution in [3.8, 4) is 0 Å². The molecule has 1 aromatic heterocycles. The van der Waals surface area contributed by atoms with Crippen LogP contribution in [0, 0.1) is 0 Å². The third-order valence-corrected chi connectivity index (χ3v) is 4.05. The maximum atomic E-state index is 11.9. The first kappa shape index (κ1) is 16.4. The van der Waals surface area contributed by atoms with Crippen LogP contribution in [0.5, 0.6) is 0 Å². The van der Waals surface area contributed by atoms with E-state index in [-0.39, 0.29) is 5.91 Å². The quantitative estimate of drug-likeness (QED) is 0.302. The number of pyridine rings is 1. The lowest BCUT2D eigenvalue weighted by atomic mass is 9.95. The predicted octanol–water partition coefficient (Wildman–Crippen LogP) is 0.906. The molecule has 0 aliphatic heterocycles. The maximum Gasteiger partial charge on any atom is 0.252 e. The second-order valence-electron chi connectivity index (χ2n) is 5.75. The molecule has 6 nitrogen and oxygen atoms in total. The van der Waals surface area contributed by atoms with Gasteiger partial charge >= 0.3 is 0 Å². The van der Waals surface area contributed by atoms with Crippen LogP contribution in [0.4, 0.5) is 0 Å². The number of nitrogens with one attached hydrogen (secondary N) is 1. The first-order valence-electron chi connectivity index (χ1n) is 8.04. The third kappa shape index (κ3) is 5.44. The summed E-state index contributed by atoms with van der Waals surface area (Å²) in [6.45, 7) is 1.75. The molecule has 0 spiro atoms. The van der Waals surface area contributed by atoms with Crippen LogP contribution in [-0.2, 0) is 0 Å². The number of hydrogen-bond acceptors (Lipinski definition) is 4. The summed E-state index contributed by atoms with van der Waals surface area (Å²) in [5, 5.41) is 16.6. The van der Waals surface area contributed by atoms with E-state index in [1.807, 2.05) is 0 Å². The average Bonchev–Trinajstić information content (AvgIpc) is 2.56. The summed E-state index contributed by atoms with van der Waals surface area (Å²) in [7, 11) is 0. The van der Waals surface area contributed by atoms with Crippen LogP contribution in [0.1, 0.15) is 54.6 Å². The number of nitrogens with two attached hydrogens (primary N) is 1. The van der Waals surface area contributed by atoms with Crippen LogP contribution in [0.3, 0.4) is 0 Å². The molecule has 22 heavy (non-hydrogen) atoms. The molecular formula is C16H25N4O2+. The van der Waals surface area contributed by atoms with Gasteiger partial charge in [-0.05, 0) is 37.8 Å². The number of aromatic nitrogens is 1. The Bertz CT molecular complexity index is 481. The van der Waals surface area contributed by atoms with Crippen molar-refractivity contribution in [3.63, 3.8) is 0 Å². The van der Waals surface area contributed by atoms with Crippen LogP contribution in [0.25, 0.3) is 0 Å². The van der Waals surface area contributed by atoms with Crippen molar-refractivity contribution in [3.05, 3.63) is 29.6 Å². The van der Waals surface area contributed by atoms with Crippen LogP contribution in [0.2, 0.25) is 0 Å². The summed E-state index contributed by atoms with van der Waals surface area (Å²) in [6, 6.07) is 4.10. The van der Waals surface area contributed by atoms with E-state index in [9.17, 15) is 4.79 Å². The highest BCUT2D eigenvalue weighted by molar-refractivity contribution is 5.94. The fourth-order valence-electron chi connectivity index (χ4n) is 2.80. The minimum atomic E-state index is -0.113. The van der Waals surface area contributed by atoms with E-state index in [0.29, 0.717) is 17.8 Å². The highest BCUT2D eigenvalue weighted by Gasteiger charge is 2.15. The molecule has 0 radical (unpaired) electrons. The lowest BCUT2D eigenvalue weighted by molar-refractivity contribution is -0.691. The Morgan fingerprint density at radius 2 is 2.23 bits per heavy atom. The van der Waals surface area contributed by atoms with E-state index in [1.165, 1.54) is 44.5 Å². The molecular weight excluding hydrogens is 280 g/mol. The molecule has 1 saturated carbocycles. The molecule has 1 heterocycles. The van der Waals surface area contributed by atoms with E-state index >= 15 is 0 Å². The van der Waals surface area contributed by atoms with Gasteiger partial charge in [-0.1, -0.05) is 11.6 Å². The van der Waals surface area contributed by atoms with Gasteiger partial charge in [0.05, 0.1) is 30.1 Å². The van der Waals surface area contributed by atoms with Gasteiger partial charge in [0.25, 0.3) is 5.91 Å². The van der Waals surface area contributed by atoms with Gasteiger partial charge in [0.2, 0.25) is 0 Å². The minimum Gasteiger partial charge on any atom is -0.411 e. The molecule has 2 rings (SSSR count). The molecule has 1 fully saturated rings. The summed E-state index contributed by atoms with van der Waals surface area (Å²) in [6.07, 6.45) is 10.5. The van der Waals surface area contributed by atoms with Gasteiger partial charge in [-0.25, -0.2) is 0 Å². The third-order valence-electron chi connectivity index (χ3n) is 4.05. The molecule has 0 aromatic carbocycles. The number of carbonyl (C=O) groups is 1. The van der Waals surface area contributed by atoms with Crippen LogP contribution < -0.4 is 10.6 Å². The molecule has 1 amide bonds. The van der Waals surface area contributed by atoms with Crippen molar-refractivity contribution in [2.75, 3.05) is 13.1 Å². The van der Waals surface area contributed by atoms with E-state index in [4.69, 9.17) is 5.21 Å². The fourth-order valence-corrected chi connectivity index (χ4v) is 2.80. The van der Waals surface area contributed by atoms with Crippen molar-refractivity contribution in [1.29, 1.82) is 0 Å². The first-order chi connectivity index (χ1) is 10.8. The second-order valence-corrected chi connectivity index (χ2v) is 5.75. The number of nitrogens with zero attached hydrogens (tertiary/aromatic N) is 2. The fraction of sp³-hybridized carbons (Fsp3) is 0.562. The Morgan fingerprint density at radius 1 is 1.41 bits per heavy atom. The van der Waals surface area contributed by atoms with Gasteiger partial charge in [-0.2, -0.15) is 0 Å². The van der Waals surface area contributed by atoms with Gasteiger partial charge in [-0.15, -0.1) is 0 Å². The molecule has 1 aliphatic rings. The normalized spacial score (nSPS) is 16.0. The standard InChI is InChI=1S/C16H24N4O2/c21-16(13-7-8-15(12-20-22)19-11-13)18-10-4-9-17-14-5-2-1-3-6-14/h7-8,11-12,14,17,22H,1-6,9-10H2,(H,18,21)/p+1. The second kappa shape index (κ2) is 9.15. The lowest BCUT2D eigenvalue weighted by Gasteiger charge is -2.19. The first-order valence-corrected chi connectivity index (χ1v) is 8.04. The van der Waals surface area contributed by atoms with Crippen molar-refractivity contribution in [2.45, 2.75) is 44.6 Å². The number of hydrogen-bond donors (Lipinski definition) is 3. The van der Waals surface area contributed by atoms with E-state index in [0.717, 1.165) is 19.0 Å². The number of amides is 1. The van der Waals surface area contributed by atoms with Crippen LogP contribution >= 0.6 is 0 Å². The van der Waals surface area contributed by atoms with Crippen molar-refractivity contribution >= 4 is 12.1 Å². The molecule has 120 valence electrons. The Labute approximate surface area is 131 Å². The van der Waals surface area contributed by atoms with E-state index in [1.54, 1.807) is 12.1 Å². The molecule has 6 heteroatoms. The summed E-state index contributed by atoms with van der Waals surface area (Å²) in [5.74, 6) is -0.113. The zero-order valence-electron chi connectivity index (χ0n) is 12.9. The smallest absolute Gasteiger partial charge is 0.252 e. The highest BCUT2D eigenvalue weighted by atomic mass is 16.4. The van der Waals surface area contributed by atoms with E-state index in [2.05, 4.69) is 20.8 Å². The topological polar surface area (TPSA) is 91.2 Å². The molecule has 0 bridgehead atoms. The zero-order valence-corrected chi connectivity index (χ0v) is 12.9. The molecule has 0 atom stereocenters. The minimum absolute atomic E-state index is 0.113. The molecule has 0 saturated heterocycles. The predicted molar refractivity (Wildman–Crippen MR) is 84.2 cm³/mol. The average molecular weight is 305 g/mol. The monoisotopic (exact) mass is 305 g/mol. The van der Waals surface area contributed by atoms with Crippen molar-refractivity contribution in [1.82, 2.24) is 10.3 Å². The molecule has 1 aromatic rings. The summed E-state index contributed by atoms with van der Waals surface area (Å²) in [5.41, 5.74) is 1.03. The zero-order chi connectivity index (χ0) is 15.6. The Kier molecular flexibility index (Phi) is 6.83. The molecule has 4 N–H and O–H groups in total. The maximum absolute atomic E-state index is 11.9. The van der Waals surface area contributed by atoms with Gasteiger partial charge in [0.15, 0.2) is 0 Å². The number of oxime groups is 1. The highest BCUT2D eigenvalue weighted by Crippen LogP contribution is 2.14. The number of quaternary nitrogens is 1. The largest absolute Gasteiger partial charge is 0.411 e. The number of rotatable bonds is 7. The summed E-state index contributed by atoms with van der Waals surface area (Å²) < 4.78 is 0. The van der Waals surface area contributed by atoms with Crippen LogP contribution in [0.15, 0.2) is 23.5 Å². The lowest BCUT2D eigenvalue weighted by Crippen LogP contribution is -2.90. The van der Waals surface area contributed by atoms with Crippen LogP contribution in [-0.4, -0.2) is 41.4 Å². The molecule has 1 aliphatic carbocycles.